The number of hydrogen-bond donors (Lipinski definition) is 1. The van der Waals surface area contributed by atoms with Crippen LogP contribution in [0.5, 0.6) is 0 Å². The van der Waals surface area contributed by atoms with Crippen molar-refractivity contribution in [2.75, 3.05) is 59.2 Å². The van der Waals surface area contributed by atoms with Gasteiger partial charge < -0.3 is 24.3 Å². The molecule has 2 heterocycles. The Morgan fingerprint density at radius 3 is 2.12 bits per heavy atom. The van der Waals surface area contributed by atoms with Crippen LogP contribution in [0.25, 0.3) is 0 Å². The van der Waals surface area contributed by atoms with E-state index >= 15 is 0 Å². The van der Waals surface area contributed by atoms with Crippen molar-refractivity contribution in [2.45, 2.75) is 117 Å². The van der Waals surface area contributed by atoms with E-state index in [-0.39, 0.29) is 22.9 Å². The van der Waals surface area contributed by atoms with Crippen LogP contribution in [-0.4, -0.2) is 107 Å². The highest BCUT2D eigenvalue weighted by Gasteiger charge is 2.28. The molecule has 1 aliphatic rings. The molecule has 0 unspecified atom stereocenters. The largest absolute Gasteiger partial charge is 0.375 e. The molecule has 10 nitrogen and oxygen atoms in total. The van der Waals surface area contributed by atoms with Gasteiger partial charge in [0.2, 0.25) is 0 Å². The van der Waals surface area contributed by atoms with Gasteiger partial charge >= 0.3 is 0 Å². The standard InChI is InChI=1S/C31H59N5O5/c1-25(2)27(37)22-30(7,8)38-18-11-28(3,4)39-20-17-36-23-26(33-34-36)21-29(5,6)41-24-31(9,10)40-19-16-35-14-12-32-13-15-35/h23,25,32H,11-22,24H2,1-10H3. The van der Waals surface area contributed by atoms with Crippen LogP contribution in [0.3, 0.4) is 0 Å². The van der Waals surface area contributed by atoms with E-state index in [9.17, 15) is 4.79 Å². The van der Waals surface area contributed by atoms with E-state index in [0.29, 0.717) is 45.8 Å². The molecule has 0 atom stereocenters. The molecule has 0 aliphatic carbocycles. The van der Waals surface area contributed by atoms with E-state index < -0.39 is 11.2 Å². The molecule has 1 aliphatic heterocycles. The van der Waals surface area contributed by atoms with Gasteiger partial charge in [-0.25, -0.2) is 4.68 Å². The second-order valence-corrected chi connectivity index (χ2v) is 14.2. The quantitative estimate of drug-likeness (QED) is 0.246. The first kappa shape index (κ1) is 35.8. The highest BCUT2D eigenvalue weighted by atomic mass is 16.6. The van der Waals surface area contributed by atoms with Crippen molar-refractivity contribution in [1.82, 2.24) is 25.2 Å². The summed E-state index contributed by atoms with van der Waals surface area (Å²) >= 11 is 0. The summed E-state index contributed by atoms with van der Waals surface area (Å²) in [6, 6.07) is 0. The molecule has 0 amide bonds. The Kier molecular flexibility index (Phi) is 13.8. The number of nitrogens with one attached hydrogen (secondary N) is 1. The van der Waals surface area contributed by atoms with Crippen molar-refractivity contribution in [3.05, 3.63) is 11.9 Å². The molecule has 41 heavy (non-hydrogen) atoms. The predicted molar refractivity (Wildman–Crippen MR) is 162 cm³/mol. The van der Waals surface area contributed by atoms with Crippen molar-refractivity contribution in [3.8, 4) is 0 Å². The van der Waals surface area contributed by atoms with Crippen LogP contribution in [0.2, 0.25) is 0 Å². The van der Waals surface area contributed by atoms with Gasteiger partial charge in [-0.2, -0.15) is 0 Å². The molecular weight excluding hydrogens is 522 g/mol. The first-order valence-corrected chi connectivity index (χ1v) is 15.4. The smallest absolute Gasteiger partial charge is 0.138 e. The molecule has 1 aromatic rings. The fourth-order valence-electron chi connectivity index (χ4n) is 4.55. The van der Waals surface area contributed by atoms with Crippen molar-refractivity contribution in [1.29, 1.82) is 0 Å². The number of piperazine rings is 1. The van der Waals surface area contributed by atoms with Crippen LogP contribution in [0, 0.1) is 5.92 Å². The monoisotopic (exact) mass is 581 g/mol. The lowest BCUT2D eigenvalue weighted by Crippen LogP contribution is -2.45. The summed E-state index contributed by atoms with van der Waals surface area (Å²) in [5.74, 6) is 0.250. The van der Waals surface area contributed by atoms with E-state index in [1.165, 1.54) is 0 Å². The Balaban J connectivity index is 1.68. The molecule has 0 bridgehead atoms. The third-order valence-corrected chi connectivity index (χ3v) is 7.37. The SMILES string of the molecule is CC(C)C(=O)CC(C)(C)OCCC(C)(C)OCCn1cc(CC(C)(C)OCC(C)(C)OCCN2CCNCC2)nn1. The number of carbonyl (C=O) groups is 1. The molecule has 238 valence electrons. The zero-order valence-corrected chi connectivity index (χ0v) is 27.7. The first-order valence-electron chi connectivity index (χ1n) is 15.4. The van der Waals surface area contributed by atoms with Crippen molar-refractivity contribution >= 4 is 5.78 Å². The number of rotatable bonds is 20. The molecule has 10 heteroatoms. The predicted octanol–water partition coefficient (Wildman–Crippen LogP) is 3.91. The molecule has 0 spiro atoms. The lowest BCUT2D eigenvalue weighted by molar-refractivity contribution is -0.129. The maximum Gasteiger partial charge on any atom is 0.138 e. The Bertz CT molecular complexity index is 906. The lowest BCUT2D eigenvalue weighted by atomic mass is 9.95. The number of hydrogen-bond acceptors (Lipinski definition) is 9. The number of Topliss-reactive ketones (excluding diaryl/α,β-unsaturated/α-hetero) is 1. The zero-order valence-electron chi connectivity index (χ0n) is 27.7. The molecule has 1 N–H and O–H groups in total. The normalized spacial score (nSPS) is 16.1. The molecule has 1 aromatic heterocycles. The maximum absolute atomic E-state index is 12.1. The van der Waals surface area contributed by atoms with Gasteiger partial charge in [-0.15, -0.1) is 5.10 Å². The second kappa shape index (κ2) is 15.9. The third kappa shape index (κ3) is 15.0. The highest BCUT2D eigenvalue weighted by Crippen LogP contribution is 2.22. The summed E-state index contributed by atoms with van der Waals surface area (Å²) < 4.78 is 26.5. The fraction of sp³-hybridized carbons (Fsp3) is 0.903. The fourth-order valence-corrected chi connectivity index (χ4v) is 4.55. The van der Waals surface area contributed by atoms with Crippen molar-refractivity contribution < 1.29 is 23.7 Å². The van der Waals surface area contributed by atoms with Crippen LogP contribution in [0.15, 0.2) is 6.20 Å². The number of ether oxygens (including phenoxy) is 4. The summed E-state index contributed by atoms with van der Waals surface area (Å²) in [5, 5.41) is 12.0. The van der Waals surface area contributed by atoms with Crippen molar-refractivity contribution in [2.24, 2.45) is 5.92 Å². The Labute approximate surface area is 249 Å². The van der Waals surface area contributed by atoms with Crippen molar-refractivity contribution in [3.63, 3.8) is 0 Å². The van der Waals surface area contributed by atoms with Gasteiger partial charge in [-0.05, 0) is 61.8 Å². The summed E-state index contributed by atoms with van der Waals surface area (Å²) in [7, 11) is 0. The third-order valence-electron chi connectivity index (χ3n) is 7.37. The maximum atomic E-state index is 12.1. The van der Waals surface area contributed by atoms with Crippen LogP contribution in [0.1, 0.15) is 87.8 Å². The van der Waals surface area contributed by atoms with Crippen LogP contribution in [0.4, 0.5) is 0 Å². The number of aromatic nitrogens is 3. The number of nitrogens with zero attached hydrogens (tertiary/aromatic N) is 4. The first-order chi connectivity index (χ1) is 19.0. The topological polar surface area (TPSA) is 100.0 Å². The number of ketones is 1. The Hall–Kier alpha value is -1.43. The molecule has 1 saturated heterocycles. The highest BCUT2D eigenvalue weighted by molar-refractivity contribution is 5.81. The van der Waals surface area contributed by atoms with Crippen LogP contribution < -0.4 is 5.32 Å². The summed E-state index contributed by atoms with van der Waals surface area (Å²) in [6.07, 6.45) is 3.78. The van der Waals surface area contributed by atoms with Gasteiger partial charge in [-0.1, -0.05) is 19.1 Å². The molecule has 1 fully saturated rings. The minimum Gasteiger partial charge on any atom is -0.375 e. The van der Waals surface area contributed by atoms with Gasteiger partial charge in [0.1, 0.15) is 5.78 Å². The number of carbonyl (C=O) groups excluding carboxylic acids is 1. The van der Waals surface area contributed by atoms with Crippen LogP contribution >= 0.6 is 0 Å². The van der Waals surface area contributed by atoms with E-state index in [2.05, 4.69) is 62.1 Å². The van der Waals surface area contributed by atoms with Gasteiger partial charge in [0.15, 0.2) is 0 Å². The zero-order chi connectivity index (χ0) is 30.7. The van der Waals surface area contributed by atoms with Gasteiger partial charge in [0.25, 0.3) is 0 Å². The molecule has 2 rings (SSSR count). The lowest BCUT2D eigenvalue weighted by Gasteiger charge is -2.33. The summed E-state index contributed by atoms with van der Waals surface area (Å²) in [4.78, 5) is 14.5. The Morgan fingerprint density at radius 1 is 0.854 bits per heavy atom. The average Bonchev–Trinajstić information content (AvgIpc) is 3.29. The van der Waals surface area contributed by atoms with E-state index in [1.807, 2.05) is 38.6 Å². The minimum atomic E-state index is -0.472. The Morgan fingerprint density at radius 2 is 1.46 bits per heavy atom. The van der Waals surface area contributed by atoms with E-state index in [0.717, 1.165) is 44.8 Å². The molecule has 0 radical (unpaired) electrons. The summed E-state index contributed by atoms with van der Waals surface area (Å²) in [6.45, 7) is 28.3. The summed E-state index contributed by atoms with van der Waals surface area (Å²) in [5.41, 5.74) is -0.694. The average molecular weight is 582 g/mol. The van der Waals surface area contributed by atoms with E-state index in [4.69, 9.17) is 18.9 Å². The van der Waals surface area contributed by atoms with Crippen LogP contribution in [-0.2, 0) is 36.7 Å². The molecule has 0 saturated carbocycles. The van der Waals surface area contributed by atoms with Gasteiger partial charge in [0, 0.05) is 57.7 Å². The van der Waals surface area contributed by atoms with Gasteiger partial charge in [-0.3, -0.25) is 9.69 Å². The van der Waals surface area contributed by atoms with Gasteiger partial charge in [0.05, 0.1) is 61.1 Å². The minimum absolute atomic E-state index is 0.0257. The van der Waals surface area contributed by atoms with E-state index in [1.54, 1.807) is 0 Å². The molecule has 0 aromatic carbocycles. The second-order valence-electron chi connectivity index (χ2n) is 14.2. The molecular formula is C31H59N5O5.